The number of carbonyl (C=O) groups is 2. The Morgan fingerprint density at radius 2 is 1.81 bits per heavy atom. The van der Waals surface area contributed by atoms with Gasteiger partial charge in [-0.2, -0.15) is 0 Å². The van der Waals surface area contributed by atoms with Crippen LogP contribution in [-0.2, 0) is 11.2 Å². The molecule has 5 nitrogen and oxygen atoms in total. The van der Waals surface area contributed by atoms with E-state index in [9.17, 15) is 9.59 Å². The number of thiophene rings is 1. The molecule has 0 saturated carbocycles. The number of primary amides is 1. The van der Waals surface area contributed by atoms with E-state index in [-0.39, 0.29) is 5.11 Å². The van der Waals surface area contributed by atoms with Crippen LogP contribution in [0.1, 0.15) is 31.9 Å². The number of benzene rings is 2. The highest BCUT2D eigenvalue weighted by Gasteiger charge is 2.20. The number of hydrogen-bond donors (Lipinski definition) is 3. The van der Waals surface area contributed by atoms with Crippen molar-refractivity contribution >= 4 is 63.2 Å². The first-order chi connectivity index (χ1) is 14.8. The molecule has 0 saturated heterocycles. The average molecular weight is 470 g/mol. The molecule has 3 rings (SSSR count). The molecule has 31 heavy (non-hydrogen) atoms. The zero-order valence-electron chi connectivity index (χ0n) is 16.6. The minimum absolute atomic E-state index is 0.0730. The Labute approximate surface area is 194 Å². The van der Waals surface area contributed by atoms with Crippen molar-refractivity contribution in [1.29, 1.82) is 0 Å². The molecule has 0 bridgehead atoms. The van der Waals surface area contributed by atoms with E-state index in [0.29, 0.717) is 27.6 Å². The van der Waals surface area contributed by atoms with Crippen molar-refractivity contribution in [3.05, 3.63) is 92.8 Å². The lowest BCUT2D eigenvalue weighted by molar-refractivity contribution is -0.115. The number of nitrogens with one attached hydrogen (secondary N) is 2. The summed E-state index contributed by atoms with van der Waals surface area (Å²) in [6.45, 7) is 1.86. The molecule has 0 aliphatic rings. The standard InChI is InChI=1S/C23H20ClN3O2S2/c1-14-18(13-15-7-3-2-4-8-15)31-22(20(14)21(25)29)27-23(30)26-19(28)12-11-16-9-5-6-10-17(16)24/h2-12H,13H2,1H3,(H2,25,29)(H2,26,27,28,30). The fraction of sp³-hybridized carbons (Fsp3) is 0.0870. The van der Waals surface area contributed by atoms with E-state index < -0.39 is 11.8 Å². The molecule has 2 amide bonds. The number of carbonyl (C=O) groups excluding carboxylic acids is 2. The summed E-state index contributed by atoms with van der Waals surface area (Å²) >= 11 is 12.7. The molecule has 0 aliphatic carbocycles. The van der Waals surface area contributed by atoms with E-state index in [1.54, 1.807) is 18.2 Å². The van der Waals surface area contributed by atoms with Crippen molar-refractivity contribution in [3.8, 4) is 0 Å². The summed E-state index contributed by atoms with van der Waals surface area (Å²) in [6, 6.07) is 17.1. The van der Waals surface area contributed by atoms with Crippen molar-refractivity contribution in [1.82, 2.24) is 5.32 Å². The number of hydrogen-bond acceptors (Lipinski definition) is 4. The highest BCUT2D eigenvalue weighted by Crippen LogP contribution is 2.34. The predicted molar refractivity (Wildman–Crippen MR) is 132 cm³/mol. The Bertz CT molecular complexity index is 1160. The van der Waals surface area contributed by atoms with Gasteiger partial charge in [-0.15, -0.1) is 11.3 Å². The second-order valence-electron chi connectivity index (χ2n) is 6.68. The highest BCUT2D eigenvalue weighted by molar-refractivity contribution is 7.80. The van der Waals surface area contributed by atoms with Gasteiger partial charge in [-0.1, -0.05) is 60.1 Å². The molecule has 8 heteroatoms. The van der Waals surface area contributed by atoms with Gasteiger partial charge in [0.2, 0.25) is 5.91 Å². The maximum Gasteiger partial charge on any atom is 0.251 e. The lowest BCUT2D eigenvalue weighted by Gasteiger charge is -2.08. The van der Waals surface area contributed by atoms with Crippen LogP contribution in [0.15, 0.2) is 60.7 Å². The first-order valence-corrected chi connectivity index (χ1v) is 11.0. The summed E-state index contributed by atoms with van der Waals surface area (Å²) in [6.07, 6.45) is 3.60. The van der Waals surface area contributed by atoms with Crippen LogP contribution in [0.5, 0.6) is 0 Å². The molecule has 0 fully saturated rings. The molecule has 0 atom stereocenters. The molecule has 1 heterocycles. The predicted octanol–water partition coefficient (Wildman–Crippen LogP) is 4.93. The van der Waals surface area contributed by atoms with Gasteiger partial charge in [0.05, 0.1) is 5.56 Å². The summed E-state index contributed by atoms with van der Waals surface area (Å²) in [7, 11) is 0. The summed E-state index contributed by atoms with van der Waals surface area (Å²) in [5.41, 5.74) is 8.61. The van der Waals surface area contributed by atoms with Crippen molar-refractivity contribution in [2.24, 2.45) is 5.73 Å². The first kappa shape index (κ1) is 22.7. The Morgan fingerprint density at radius 1 is 1.13 bits per heavy atom. The molecule has 2 aromatic carbocycles. The molecule has 0 unspecified atom stereocenters. The molecule has 1 aromatic heterocycles. The third-order valence-corrected chi connectivity index (χ3v) is 6.24. The molecular formula is C23H20ClN3O2S2. The largest absolute Gasteiger partial charge is 0.365 e. The third-order valence-electron chi connectivity index (χ3n) is 4.48. The number of nitrogens with two attached hydrogens (primary N) is 1. The van der Waals surface area contributed by atoms with E-state index in [1.807, 2.05) is 49.4 Å². The second kappa shape index (κ2) is 10.3. The Morgan fingerprint density at radius 3 is 2.48 bits per heavy atom. The number of thiocarbonyl (C=S) groups is 1. The molecule has 158 valence electrons. The van der Waals surface area contributed by atoms with Gasteiger partial charge >= 0.3 is 0 Å². The zero-order valence-corrected chi connectivity index (χ0v) is 19.0. The smallest absolute Gasteiger partial charge is 0.251 e. The Kier molecular flexibility index (Phi) is 7.57. The summed E-state index contributed by atoms with van der Waals surface area (Å²) in [4.78, 5) is 25.2. The van der Waals surface area contributed by atoms with Gasteiger partial charge in [0.1, 0.15) is 5.00 Å². The van der Waals surface area contributed by atoms with Crippen LogP contribution < -0.4 is 16.4 Å². The van der Waals surface area contributed by atoms with Crippen LogP contribution in [0.25, 0.3) is 6.08 Å². The van der Waals surface area contributed by atoms with Crippen molar-refractivity contribution in [3.63, 3.8) is 0 Å². The molecular weight excluding hydrogens is 450 g/mol. The maximum absolute atomic E-state index is 12.2. The minimum Gasteiger partial charge on any atom is -0.365 e. The Balaban J connectivity index is 1.71. The molecule has 3 aromatic rings. The van der Waals surface area contributed by atoms with Gasteiger partial charge in [-0.05, 0) is 48.0 Å². The van der Waals surface area contributed by atoms with Crippen LogP contribution in [0.3, 0.4) is 0 Å². The molecule has 4 N–H and O–H groups in total. The molecule has 0 radical (unpaired) electrons. The van der Waals surface area contributed by atoms with Crippen molar-refractivity contribution in [2.75, 3.05) is 5.32 Å². The van der Waals surface area contributed by atoms with Crippen molar-refractivity contribution < 1.29 is 9.59 Å². The summed E-state index contributed by atoms with van der Waals surface area (Å²) in [5, 5.41) is 6.63. The molecule has 0 aliphatic heterocycles. The SMILES string of the molecule is Cc1c(Cc2ccccc2)sc(NC(=S)NC(=O)C=Cc2ccccc2Cl)c1C(N)=O. The van der Waals surface area contributed by atoms with Crippen LogP contribution in [-0.4, -0.2) is 16.9 Å². The van der Waals surface area contributed by atoms with Gasteiger partial charge in [0, 0.05) is 22.4 Å². The second-order valence-corrected chi connectivity index (χ2v) is 8.60. The first-order valence-electron chi connectivity index (χ1n) is 9.35. The van der Waals surface area contributed by atoms with Crippen LogP contribution in [0.2, 0.25) is 5.02 Å². The van der Waals surface area contributed by atoms with E-state index in [4.69, 9.17) is 29.6 Å². The van der Waals surface area contributed by atoms with Crippen LogP contribution >= 0.6 is 35.2 Å². The summed E-state index contributed by atoms with van der Waals surface area (Å²) in [5.74, 6) is -0.973. The summed E-state index contributed by atoms with van der Waals surface area (Å²) < 4.78 is 0. The fourth-order valence-corrected chi connectivity index (χ4v) is 4.67. The normalized spacial score (nSPS) is 10.8. The van der Waals surface area contributed by atoms with Crippen LogP contribution in [0, 0.1) is 6.92 Å². The van der Waals surface area contributed by atoms with Gasteiger partial charge in [-0.3, -0.25) is 14.9 Å². The number of halogens is 1. The average Bonchev–Trinajstić information content (AvgIpc) is 3.02. The van der Waals surface area contributed by atoms with Gasteiger partial charge in [0.15, 0.2) is 5.11 Å². The van der Waals surface area contributed by atoms with Gasteiger partial charge in [0.25, 0.3) is 5.91 Å². The van der Waals surface area contributed by atoms with Crippen molar-refractivity contribution in [2.45, 2.75) is 13.3 Å². The Hall–Kier alpha value is -3.00. The van der Waals surface area contributed by atoms with E-state index >= 15 is 0 Å². The van der Waals surface area contributed by atoms with Gasteiger partial charge in [-0.25, -0.2) is 0 Å². The van der Waals surface area contributed by atoms with Gasteiger partial charge < -0.3 is 11.1 Å². The van der Waals surface area contributed by atoms with E-state index in [2.05, 4.69) is 10.6 Å². The van der Waals surface area contributed by atoms with E-state index in [0.717, 1.165) is 16.0 Å². The number of anilines is 1. The maximum atomic E-state index is 12.2. The number of rotatable bonds is 6. The van der Waals surface area contributed by atoms with E-state index in [1.165, 1.54) is 17.4 Å². The minimum atomic E-state index is -0.552. The lowest BCUT2D eigenvalue weighted by Crippen LogP contribution is -2.33. The lowest BCUT2D eigenvalue weighted by atomic mass is 10.1. The monoisotopic (exact) mass is 469 g/mol. The third kappa shape index (κ3) is 6.01. The quantitative estimate of drug-likeness (QED) is 0.353. The zero-order chi connectivity index (χ0) is 22.4. The molecule has 0 spiro atoms. The highest BCUT2D eigenvalue weighted by atomic mass is 35.5. The number of amides is 2. The van der Waals surface area contributed by atoms with Crippen LogP contribution in [0.4, 0.5) is 5.00 Å². The topological polar surface area (TPSA) is 84.2 Å². The fourth-order valence-electron chi connectivity index (χ4n) is 2.96.